The van der Waals surface area contributed by atoms with Crippen molar-refractivity contribution in [3.8, 4) is 0 Å². The number of hydrogen-bond acceptors (Lipinski definition) is 6. The molecule has 0 fully saturated rings. The van der Waals surface area contributed by atoms with Crippen LogP contribution in [0.15, 0.2) is 0 Å². The molecule has 12 N–H and O–H groups in total. The van der Waals surface area contributed by atoms with Gasteiger partial charge in [-0.2, -0.15) is 0 Å². The number of aliphatic carboxylic acids is 4. The molecule has 0 aliphatic rings. The second-order valence-corrected chi connectivity index (χ2v) is 4.28. The van der Waals surface area contributed by atoms with Crippen molar-refractivity contribution in [2.45, 2.75) is 0 Å². The topological polar surface area (TPSA) is 228 Å². The van der Waals surface area contributed by atoms with Crippen molar-refractivity contribution in [2.75, 3.05) is 39.3 Å². The van der Waals surface area contributed by atoms with Crippen molar-refractivity contribution in [1.29, 1.82) is 0 Å². The Morgan fingerprint density at radius 2 is 0.739 bits per heavy atom. The molecule has 0 heterocycles. The van der Waals surface area contributed by atoms with Crippen LogP contribution in [0.4, 0.5) is 0 Å². The van der Waals surface area contributed by atoms with Crippen molar-refractivity contribution in [3.63, 3.8) is 0 Å². The van der Waals surface area contributed by atoms with Gasteiger partial charge in [-0.3, -0.25) is 0 Å². The van der Waals surface area contributed by atoms with Crippen LogP contribution in [0, 0.1) is 0 Å². The molecule has 0 aromatic carbocycles. The van der Waals surface area contributed by atoms with Crippen LogP contribution in [0.3, 0.4) is 0 Å². The number of carboxylic acids is 4. The predicted octanol–water partition coefficient (Wildman–Crippen LogP) is -4.58. The molecule has 0 saturated carbocycles. The molecule has 0 aliphatic carbocycles. The molecule has 0 amide bonds. The van der Waals surface area contributed by atoms with Crippen LogP contribution in [0.5, 0.6) is 0 Å². The zero-order valence-corrected chi connectivity index (χ0v) is 13.5. The molecule has 1 radical (unpaired) electrons. The maximum absolute atomic E-state index is 10.6. The van der Waals surface area contributed by atoms with Crippen LogP contribution in [-0.4, -0.2) is 83.6 Å². The van der Waals surface area contributed by atoms with Crippen molar-refractivity contribution in [2.24, 2.45) is 0 Å². The van der Waals surface area contributed by atoms with Gasteiger partial charge in [0.15, 0.2) is 26.2 Å². The Bertz CT molecular complexity index is 327. The van der Waals surface area contributed by atoms with Crippen LogP contribution in [0.25, 0.3) is 0 Å². The minimum Gasteiger partial charge on any atom is -0.477 e. The summed E-state index contributed by atoms with van der Waals surface area (Å²) >= 11 is 0. The Morgan fingerprint density at radius 1 is 0.565 bits per heavy atom. The molecule has 23 heavy (non-hydrogen) atoms. The molecular formula is C10H24CoN4O8+2. The molecule has 12 nitrogen and oxygen atoms in total. The molecule has 0 aliphatic heterocycles. The van der Waals surface area contributed by atoms with E-state index >= 15 is 0 Å². The van der Waals surface area contributed by atoms with Gasteiger partial charge in [-0.25, -0.2) is 19.2 Å². The van der Waals surface area contributed by atoms with Crippen LogP contribution in [0.1, 0.15) is 0 Å². The molecular weight excluding hydrogens is 363 g/mol. The summed E-state index contributed by atoms with van der Waals surface area (Å²) < 4.78 is 0. The van der Waals surface area contributed by atoms with Gasteiger partial charge in [-0.05, 0) is 0 Å². The van der Waals surface area contributed by atoms with Gasteiger partial charge in [0.2, 0.25) is 0 Å². The fourth-order valence-electron chi connectivity index (χ4n) is 1.69. The fourth-order valence-corrected chi connectivity index (χ4v) is 1.69. The first-order chi connectivity index (χ1) is 9.20. The van der Waals surface area contributed by atoms with Gasteiger partial charge >= 0.3 is 23.9 Å². The first-order valence-electron chi connectivity index (χ1n) is 5.75. The number of quaternary nitrogens is 2. The van der Waals surface area contributed by atoms with E-state index in [4.69, 9.17) is 20.4 Å². The quantitative estimate of drug-likeness (QED) is 0.169. The summed E-state index contributed by atoms with van der Waals surface area (Å²) in [6.07, 6.45) is 0. The summed E-state index contributed by atoms with van der Waals surface area (Å²) in [6, 6.07) is 0. The van der Waals surface area contributed by atoms with E-state index in [2.05, 4.69) is 0 Å². The van der Waals surface area contributed by atoms with Crippen LogP contribution in [0.2, 0.25) is 0 Å². The third-order valence-electron chi connectivity index (χ3n) is 2.44. The van der Waals surface area contributed by atoms with Gasteiger partial charge in [-0.15, -0.1) is 0 Å². The van der Waals surface area contributed by atoms with Gasteiger partial charge in [0.05, 0.1) is 0 Å². The Labute approximate surface area is 142 Å². The smallest absolute Gasteiger partial charge is 0.359 e. The molecule has 13 heteroatoms. The van der Waals surface area contributed by atoms with Crippen molar-refractivity contribution >= 4 is 23.9 Å². The van der Waals surface area contributed by atoms with Gasteiger partial charge in [0, 0.05) is 16.8 Å². The minimum atomic E-state index is -1.18. The van der Waals surface area contributed by atoms with E-state index in [9.17, 15) is 19.2 Å². The number of rotatable bonds is 11. The normalized spacial score (nSPS) is 9.30. The predicted molar refractivity (Wildman–Crippen MR) is 71.7 cm³/mol. The Kier molecular flexibility index (Phi) is 19.3. The molecule has 139 valence electrons. The summed E-state index contributed by atoms with van der Waals surface area (Å²) in [5.74, 6) is -4.72. The molecule has 0 atom stereocenters. The fraction of sp³-hybridized carbons (Fsp3) is 0.600. The minimum absolute atomic E-state index is 0. The average molecular weight is 387 g/mol. The zero-order valence-electron chi connectivity index (χ0n) is 12.4. The summed E-state index contributed by atoms with van der Waals surface area (Å²) in [5.41, 5.74) is 0. The monoisotopic (exact) mass is 387 g/mol. The average Bonchev–Trinajstić information content (AvgIpc) is 2.22. The summed E-state index contributed by atoms with van der Waals surface area (Å²) in [6.45, 7) is -1.62. The van der Waals surface area contributed by atoms with Gasteiger partial charge in [-0.1, -0.05) is 0 Å². The molecule has 0 bridgehead atoms. The Balaban J connectivity index is -0.000000602. The standard InChI is InChI=1S/C10H16N2O8.Co.2H3N/c13-7(14)3-11(4-8(15)16)1-2-12(5-9(17)18)6-10(19)20;;;/h1-6H2,(H,13,14)(H,15,16)(H,17,18)(H,19,20);;2*1H3/p+2. The first kappa shape index (κ1) is 29.3. The number of carboxylic acid groups (broad SMARTS) is 4. The Hall–Kier alpha value is -1.77. The van der Waals surface area contributed by atoms with E-state index in [1.54, 1.807) is 0 Å². The van der Waals surface area contributed by atoms with Crippen molar-refractivity contribution in [1.82, 2.24) is 12.3 Å². The van der Waals surface area contributed by atoms with Crippen molar-refractivity contribution < 1.29 is 66.2 Å². The Morgan fingerprint density at radius 3 is 0.870 bits per heavy atom. The second kappa shape index (κ2) is 15.1. The SMILES string of the molecule is N.N.O=C(O)C[NH+](CC[NH+](CC(=O)O)CC(=O)O)CC(=O)O.[Co]. The van der Waals surface area contributed by atoms with Gasteiger partial charge in [0.1, 0.15) is 13.1 Å². The third-order valence-corrected chi connectivity index (χ3v) is 2.44. The zero-order chi connectivity index (χ0) is 15.7. The van der Waals surface area contributed by atoms with Crippen LogP contribution >= 0.6 is 0 Å². The van der Waals surface area contributed by atoms with E-state index < -0.39 is 50.1 Å². The van der Waals surface area contributed by atoms with Crippen molar-refractivity contribution in [3.05, 3.63) is 0 Å². The molecule has 0 unspecified atom stereocenters. The van der Waals surface area contributed by atoms with E-state index in [1.165, 1.54) is 0 Å². The third kappa shape index (κ3) is 18.2. The summed E-state index contributed by atoms with van der Waals surface area (Å²) in [5, 5.41) is 34.6. The molecule has 0 rings (SSSR count). The molecule has 0 spiro atoms. The van der Waals surface area contributed by atoms with E-state index in [0.717, 1.165) is 0 Å². The van der Waals surface area contributed by atoms with Gasteiger partial charge in [0.25, 0.3) is 0 Å². The molecule has 0 aromatic rings. The number of hydrogen-bond donors (Lipinski definition) is 8. The van der Waals surface area contributed by atoms with Crippen LogP contribution < -0.4 is 22.1 Å². The van der Waals surface area contributed by atoms with E-state index in [0.29, 0.717) is 0 Å². The summed E-state index contributed by atoms with van der Waals surface area (Å²) in [7, 11) is 0. The first-order valence-corrected chi connectivity index (χ1v) is 5.75. The van der Waals surface area contributed by atoms with E-state index in [1.807, 2.05) is 0 Å². The second-order valence-electron chi connectivity index (χ2n) is 4.28. The largest absolute Gasteiger partial charge is 0.477 e. The molecule has 0 saturated heterocycles. The molecule has 0 aromatic heterocycles. The number of nitrogens with one attached hydrogen (secondary N) is 2. The van der Waals surface area contributed by atoms with E-state index in [-0.39, 0.29) is 52.0 Å². The van der Waals surface area contributed by atoms with Gasteiger partial charge < -0.3 is 42.5 Å². The summed E-state index contributed by atoms with van der Waals surface area (Å²) in [4.78, 5) is 42.8. The van der Waals surface area contributed by atoms with Crippen LogP contribution in [-0.2, 0) is 36.0 Å². The maximum atomic E-state index is 10.6. The number of carbonyl (C=O) groups is 4. The maximum Gasteiger partial charge on any atom is 0.359 e.